The van der Waals surface area contributed by atoms with Gasteiger partial charge in [0.15, 0.2) is 5.82 Å². The summed E-state index contributed by atoms with van der Waals surface area (Å²) >= 11 is 1.70. The Bertz CT molecular complexity index is 596. The summed E-state index contributed by atoms with van der Waals surface area (Å²) in [6, 6.07) is 0. The van der Waals surface area contributed by atoms with E-state index in [1.165, 1.54) is 0 Å². The number of aromatic nitrogens is 3. The molecular weight excluding hydrogens is 298 g/mol. The van der Waals surface area contributed by atoms with E-state index in [4.69, 9.17) is 9.26 Å². The van der Waals surface area contributed by atoms with Crippen molar-refractivity contribution >= 4 is 11.3 Å². The molecule has 1 aliphatic heterocycles. The molecule has 120 valence electrons. The maximum Gasteiger partial charge on any atom is 0.226 e. The number of thiazole rings is 1. The van der Waals surface area contributed by atoms with Crippen LogP contribution in [-0.2, 0) is 24.0 Å². The standard InChI is InChI=1S/C16H23N3O2S/c1-3-13-7-11(5-6-20-13)8-15-18-14(19-21-15)9-12-10-22-16(4-2)17-12/h10-11,13H,3-9H2,1-2H3/t11-,13+/m1/s1. The van der Waals surface area contributed by atoms with Gasteiger partial charge in [0, 0.05) is 18.4 Å². The first-order valence-electron chi connectivity index (χ1n) is 8.13. The second-order valence-electron chi connectivity index (χ2n) is 5.86. The van der Waals surface area contributed by atoms with E-state index in [1.807, 2.05) is 0 Å². The van der Waals surface area contributed by atoms with E-state index in [9.17, 15) is 0 Å². The molecule has 2 atom stereocenters. The maximum atomic E-state index is 5.72. The van der Waals surface area contributed by atoms with Gasteiger partial charge in [-0.15, -0.1) is 11.3 Å². The van der Waals surface area contributed by atoms with Crippen molar-refractivity contribution in [3.05, 3.63) is 27.8 Å². The number of rotatable bonds is 6. The lowest BCUT2D eigenvalue weighted by molar-refractivity contribution is -0.0115. The molecule has 0 spiro atoms. The minimum atomic E-state index is 0.392. The molecule has 0 amide bonds. The first-order chi connectivity index (χ1) is 10.8. The molecule has 6 heteroatoms. The van der Waals surface area contributed by atoms with Crippen molar-refractivity contribution in [3.63, 3.8) is 0 Å². The minimum absolute atomic E-state index is 0.392. The molecule has 0 N–H and O–H groups in total. The molecule has 1 aliphatic rings. The minimum Gasteiger partial charge on any atom is -0.378 e. The second-order valence-corrected chi connectivity index (χ2v) is 6.81. The molecule has 1 saturated heterocycles. The molecule has 0 unspecified atom stereocenters. The Hall–Kier alpha value is -1.27. The predicted molar refractivity (Wildman–Crippen MR) is 85.1 cm³/mol. The molecule has 1 fully saturated rings. The van der Waals surface area contributed by atoms with Gasteiger partial charge in [0.2, 0.25) is 5.89 Å². The normalized spacial score (nSPS) is 22.1. The van der Waals surface area contributed by atoms with Gasteiger partial charge in [-0.3, -0.25) is 0 Å². The van der Waals surface area contributed by atoms with Crippen LogP contribution in [0.3, 0.4) is 0 Å². The van der Waals surface area contributed by atoms with Crippen molar-refractivity contribution in [2.24, 2.45) is 5.92 Å². The molecule has 0 radical (unpaired) electrons. The summed E-state index contributed by atoms with van der Waals surface area (Å²) in [7, 11) is 0. The average Bonchev–Trinajstić information content (AvgIpc) is 3.17. The third-order valence-corrected chi connectivity index (χ3v) is 5.19. The average molecular weight is 321 g/mol. The molecule has 5 nitrogen and oxygen atoms in total. The Morgan fingerprint density at radius 3 is 3.00 bits per heavy atom. The van der Waals surface area contributed by atoms with Crippen LogP contribution < -0.4 is 0 Å². The molecule has 3 heterocycles. The van der Waals surface area contributed by atoms with Crippen LogP contribution in [0.1, 0.15) is 55.5 Å². The van der Waals surface area contributed by atoms with Gasteiger partial charge in [0.05, 0.1) is 23.2 Å². The molecule has 2 aromatic rings. The molecule has 0 bridgehead atoms. The highest BCUT2D eigenvalue weighted by Crippen LogP contribution is 2.25. The molecule has 2 aromatic heterocycles. The summed E-state index contributed by atoms with van der Waals surface area (Å²) in [6.07, 6.45) is 6.15. The first-order valence-corrected chi connectivity index (χ1v) is 9.01. The first kappa shape index (κ1) is 15.6. The van der Waals surface area contributed by atoms with Gasteiger partial charge in [-0.2, -0.15) is 4.98 Å². The van der Waals surface area contributed by atoms with E-state index in [1.54, 1.807) is 11.3 Å². The summed E-state index contributed by atoms with van der Waals surface area (Å²) in [5, 5.41) is 7.34. The van der Waals surface area contributed by atoms with Crippen LogP contribution in [0.25, 0.3) is 0 Å². The highest BCUT2D eigenvalue weighted by Gasteiger charge is 2.23. The molecule has 3 rings (SSSR count). The molecule has 22 heavy (non-hydrogen) atoms. The molecule has 0 aliphatic carbocycles. The Morgan fingerprint density at radius 1 is 1.32 bits per heavy atom. The number of aryl methyl sites for hydroxylation is 1. The molecule has 0 saturated carbocycles. The van der Waals surface area contributed by atoms with Gasteiger partial charge >= 0.3 is 0 Å². The second kappa shape index (κ2) is 7.33. The summed E-state index contributed by atoms with van der Waals surface area (Å²) in [4.78, 5) is 9.08. The van der Waals surface area contributed by atoms with Gasteiger partial charge in [-0.25, -0.2) is 4.98 Å². The fraction of sp³-hybridized carbons (Fsp3) is 0.688. The quantitative estimate of drug-likeness (QED) is 0.816. The van der Waals surface area contributed by atoms with Crippen LogP contribution >= 0.6 is 11.3 Å². The Balaban J connectivity index is 1.56. The zero-order valence-electron chi connectivity index (χ0n) is 13.2. The fourth-order valence-electron chi connectivity index (χ4n) is 2.88. The van der Waals surface area contributed by atoms with Gasteiger partial charge in [0.25, 0.3) is 0 Å². The number of ether oxygens (including phenoxy) is 1. The van der Waals surface area contributed by atoms with Crippen LogP contribution in [0.2, 0.25) is 0 Å². The van der Waals surface area contributed by atoms with Crippen LogP contribution in [0, 0.1) is 5.92 Å². The SMILES string of the molecule is CCc1nc(Cc2noc(C[C@@H]3CCO[C@@H](CC)C3)n2)cs1. The smallest absolute Gasteiger partial charge is 0.226 e. The van der Waals surface area contributed by atoms with E-state index >= 15 is 0 Å². The van der Waals surface area contributed by atoms with Crippen molar-refractivity contribution in [1.82, 2.24) is 15.1 Å². The van der Waals surface area contributed by atoms with E-state index in [-0.39, 0.29) is 0 Å². The largest absolute Gasteiger partial charge is 0.378 e. The lowest BCUT2D eigenvalue weighted by Crippen LogP contribution is -2.26. The highest BCUT2D eigenvalue weighted by molar-refractivity contribution is 7.09. The highest BCUT2D eigenvalue weighted by atomic mass is 32.1. The van der Waals surface area contributed by atoms with E-state index in [2.05, 4.69) is 34.4 Å². The number of hydrogen-bond acceptors (Lipinski definition) is 6. The molecule has 0 aromatic carbocycles. The van der Waals surface area contributed by atoms with E-state index in [0.29, 0.717) is 18.4 Å². The number of nitrogens with zero attached hydrogens (tertiary/aromatic N) is 3. The number of hydrogen-bond donors (Lipinski definition) is 0. The Kier molecular flexibility index (Phi) is 5.20. The zero-order valence-corrected chi connectivity index (χ0v) is 14.1. The van der Waals surface area contributed by atoms with E-state index < -0.39 is 0 Å². The van der Waals surface area contributed by atoms with Crippen molar-refractivity contribution in [1.29, 1.82) is 0 Å². The lowest BCUT2D eigenvalue weighted by Gasteiger charge is -2.27. The van der Waals surface area contributed by atoms with Crippen LogP contribution in [0.15, 0.2) is 9.90 Å². The van der Waals surface area contributed by atoms with Gasteiger partial charge in [-0.1, -0.05) is 19.0 Å². The lowest BCUT2D eigenvalue weighted by atomic mass is 9.91. The topological polar surface area (TPSA) is 61.0 Å². The maximum absolute atomic E-state index is 5.72. The predicted octanol–water partition coefficient (Wildman–Crippen LogP) is 3.43. The Labute approximate surface area is 135 Å². The molecular formula is C16H23N3O2S. The monoisotopic (exact) mass is 321 g/mol. The van der Waals surface area contributed by atoms with Crippen LogP contribution in [-0.4, -0.2) is 27.8 Å². The third kappa shape index (κ3) is 3.93. The van der Waals surface area contributed by atoms with Crippen LogP contribution in [0.5, 0.6) is 0 Å². The Morgan fingerprint density at radius 2 is 2.23 bits per heavy atom. The van der Waals surface area contributed by atoms with Crippen LogP contribution in [0.4, 0.5) is 0 Å². The van der Waals surface area contributed by atoms with E-state index in [0.717, 1.165) is 61.1 Å². The van der Waals surface area contributed by atoms with Gasteiger partial charge in [0.1, 0.15) is 0 Å². The summed E-state index contributed by atoms with van der Waals surface area (Å²) in [5.41, 5.74) is 1.03. The van der Waals surface area contributed by atoms with Crippen molar-refractivity contribution in [2.45, 2.75) is 58.5 Å². The summed E-state index contributed by atoms with van der Waals surface area (Å²) in [6.45, 7) is 5.14. The summed E-state index contributed by atoms with van der Waals surface area (Å²) < 4.78 is 11.1. The van der Waals surface area contributed by atoms with Gasteiger partial charge in [-0.05, 0) is 31.6 Å². The van der Waals surface area contributed by atoms with Crippen molar-refractivity contribution in [3.8, 4) is 0 Å². The fourth-order valence-corrected chi connectivity index (χ4v) is 3.62. The third-order valence-electron chi connectivity index (χ3n) is 4.15. The van der Waals surface area contributed by atoms with Crippen molar-refractivity contribution in [2.75, 3.05) is 6.61 Å². The zero-order chi connectivity index (χ0) is 15.4. The van der Waals surface area contributed by atoms with Crippen molar-refractivity contribution < 1.29 is 9.26 Å². The summed E-state index contributed by atoms with van der Waals surface area (Å²) in [5.74, 6) is 2.09. The van der Waals surface area contributed by atoms with Gasteiger partial charge < -0.3 is 9.26 Å².